The average molecular weight is 357 g/mol. The van der Waals surface area contributed by atoms with Gasteiger partial charge in [-0.1, -0.05) is 61.9 Å². The smallest absolute Gasteiger partial charge is 0.327 e. The van der Waals surface area contributed by atoms with Gasteiger partial charge in [0.1, 0.15) is 6.04 Å². The Morgan fingerprint density at radius 1 is 1.08 bits per heavy atom. The summed E-state index contributed by atoms with van der Waals surface area (Å²) in [5, 5.41) is 12.0. The summed E-state index contributed by atoms with van der Waals surface area (Å²) in [6.45, 7) is 2.09. The molecule has 2 aromatic carbocycles. The molecule has 132 valence electrons. The van der Waals surface area contributed by atoms with Crippen molar-refractivity contribution in [1.82, 2.24) is 5.32 Å². The van der Waals surface area contributed by atoms with Gasteiger partial charge in [-0.2, -0.15) is 11.8 Å². The first kappa shape index (κ1) is 19.1. The Labute approximate surface area is 152 Å². The lowest BCUT2D eigenvalue weighted by Crippen LogP contribution is -2.42. The highest BCUT2D eigenvalue weighted by atomic mass is 32.2. The second-order valence-corrected chi connectivity index (χ2v) is 6.85. The van der Waals surface area contributed by atoms with Gasteiger partial charge in [-0.05, 0) is 29.4 Å². The predicted octanol–water partition coefficient (Wildman–Crippen LogP) is 4.07. The van der Waals surface area contributed by atoms with Crippen LogP contribution in [0.25, 0.3) is 11.1 Å². The van der Waals surface area contributed by atoms with Gasteiger partial charge in [0, 0.05) is 11.3 Å². The molecule has 0 spiro atoms. The summed E-state index contributed by atoms with van der Waals surface area (Å²) in [4.78, 5) is 24.1. The second kappa shape index (κ2) is 9.89. The molecule has 4 nitrogen and oxygen atoms in total. The van der Waals surface area contributed by atoms with Gasteiger partial charge in [-0.25, -0.2) is 4.79 Å². The number of hydrogen-bond donors (Lipinski definition) is 2. The van der Waals surface area contributed by atoms with Crippen LogP contribution in [0.15, 0.2) is 54.6 Å². The molecule has 0 unspecified atom stereocenters. The molecule has 0 aromatic heterocycles. The van der Waals surface area contributed by atoms with Crippen molar-refractivity contribution < 1.29 is 14.7 Å². The minimum atomic E-state index is -1.01. The zero-order chi connectivity index (χ0) is 18.1. The fourth-order valence-electron chi connectivity index (χ4n) is 2.41. The fraction of sp³-hybridized carbons (Fsp3) is 0.300. The Morgan fingerprint density at radius 2 is 1.76 bits per heavy atom. The van der Waals surface area contributed by atoms with Crippen molar-refractivity contribution in [3.05, 3.63) is 60.2 Å². The minimum absolute atomic E-state index is 0.358. The normalized spacial score (nSPS) is 11.7. The highest BCUT2D eigenvalue weighted by molar-refractivity contribution is 7.99. The maximum atomic E-state index is 12.7. The molecule has 0 aliphatic rings. The van der Waals surface area contributed by atoms with Crippen LogP contribution in [0, 0.1) is 0 Å². The van der Waals surface area contributed by atoms with Gasteiger partial charge in [0.25, 0.3) is 5.91 Å². The number of nitrogens with one attached hydrogen (secondary N) is 1. The molecule has 1 amide bonds. The number of amides is 1. The van der Waals surface area contributed by atoms with E-state index < -0.39 is 12.0 Å². The molecule has 2 rings (SSSR count). The van der Waals surface area contributed by atoms with Crippen molar-refractivity contribution in [2.75, 3.05) is 11.5 Å². The first-order chi connectivity index (χ1) is 12.1. The van der Waals surface area contributed by atoms with E-state index in [0.29, 0.717) is 11.3 Å². The summed E-state index contributed by atoms with van der Waals surface area (Å²) in [5.41, 5.74) is 2.21. The molecular weight excluding hydrogens is 334 g/mol. The van der Waals surface area contributed by atoms with Crippen LogP contribution < -0.4 is 5.32 Å². The summed E-state index contributed by atoms with van der Waals surface area (Å²) < 4.78 is 0. The van der Waals surface area contributed by atoms with Crippen molar-refractivity contribution in [2.24, 2.45) is 0 Å². The first-order valence-corrected chi connectivity index (χ1v) is 9.54. The molecule has 25 heavy (non-hydrogen) atoms. The van der Waals surface area contributed by atoms with E-state index in [9.17, 15) is 14.7 Å². The molecule has 0 saturated heterocycles. The van der Waals surface area contributed by atoms with Crippen molar-refractivity contribution in [2.45, 2.75) is 25.8 Å². The van der Waals surface area contributed by atoms with E-state index in [4.69, 9.17) is 0 Å². The van der Waals surface area contributed by atoms with Gasteiger partial charge in [-0.3, -0.25) is 4.79 Å². The highest BCUT2D eigenvalue weighted by Crippen LogP contribution is 2.23. The third kappa shape index (κ3) is 5.64. The van der Waals surface area contributed by atoms with Crippen molar-refractivity contribution in [3.8, 4) is 11.1 Å². The van der Waals surface area contributed by atoms with Gasteiger partial charge < -0.3 is 10.4 Å². The van der Waals surface area contributed by atoms with Crippen LogP contribution in [0.3, 0.4) is 0 Å². The van der Waals surface area contributed by atoms with Crippen LogP contribution in [-0.2, 0) is 4.79 Å². The number of carboxylic acids is 1. The SMILES string of the molecule is CCCCSC[C@H](NC(=O)c1ccccc1-c1ccccc1)C(=O)O. The topological polar surface area (TPSA) is 66.4 Å². The Hall–Kier alpha value is -2.27. The van der Waals surface area contributed by atoms with Crippen LogP contribution in [0.5, 0.6) is 0 Å². The molecule has 2 N–H and O–H groups in total. The molecular formula is C20H23NO3S. The zero-order valence-electron chi connectivity index (χ0n) is 14.3. The van der Waals surface area contributed by atoms with Gasteiger partial charge in [0.05, 0.1) is 0 Å². The molecule has 0 saturated carbocycles. The van der Waals surface area contributed by atoms with E-state index in [2.05, 4.69) is 12.2 Å². The summed E-state index contributed by atoms with van der Waals surface area (Å²) in [6, 6.07) is 16.0. The van der Waals surface area contributed by atoms with E-state index in [1.165, 1.54) is 0 Å². The van der Waals surface area contributed by atoms with E-state index in [1.807, 2.05) is 42.5 Å². The first-order valence-electron chi connectivity index (χ1n) is 8.39. The number of benzene rings is 2. The van der Waals surface area contributed by atoms with Crippen LogP contribution in [0.1, 0.15) is 30.1 Å². The molecule has 1 atom stereocenters. The fourth-order valence-corrected chi connectivity index (χ4v) is 3.53. The van der Waals surface area contributed by atoms with E-state index in [-0.39, 0.29) is 5.91 Å². The number of carboxylic acid groups (broad SMARTS) is 1. The van der Waals surface area contributed by atoms with Gasteiger partial charge in [-0.15, -0.1) is 0 Å². The highest BCUT2D eigenvalue weighted by Gasteiger charge is 2.22. The average Bonchev–Trinajstić information content (AvgIpc) is 2.64. The monoisotopic (exact) mass is 357 g/mol. The molecule has 0 bridgehead atoms. The van der Waals surface area contributed by atoms with E-state index in [0.717, 1.165) is 29.7 Å². The van der Waals surface area contributed by atoms with E-state index in [1.54, 1.807) is 23.9 Å². The van der Waals surface area contributed by atoms with Crippen LogP contribution >= 0.6 is 11.8 Å². The van der Waals surface area contributed by atoms with Crippen molar-refractivity contribution >= 4 is 23.6 Å². The molecule has 2 aromatic rings. The maximum absolute atomic E-state index is 12.7. The number of aliphatic carboxylic acids is 1. The van der Waals surface area contributed by atoms with Gasteiger partial charge in [0.2, 0.25) is 0 Å². The van der Waals surface area contributed by atoms with Gasteiger partial charge >= 0.3 is 5.97 Å². The quantitative estimate of drug-likeness (QED) is 0.664. The molecule has 0 heterocycles. The Bertz CT molecular complexity index is 703. The molecule has 0 aliphatic carbocycles. The predicted molar refractivity (Wildman–Crippen MR) is 103 cm³/mol. The molecule has 0 radical (unpaired) electrons. The molecule has 0 fully saturated rings. The lowest BCUT2D eigenvalue weighted by atomic mass is 9.99. The largest absolute Gasteiger partial charge is 0.480 e. The number of carbonyl (C=O) groups excluding carboxylic acids is 1. The lowest BCUT2D eigenvalue weighted by Gasteiger charge is -2.16. The van der Waals surface area contributed by atoms with Crippen LogP contribution in [0.2, 0.25) is 0 Å². The standard InChI is InChI=1S/C20H23NO3S/c1-2-3-13-25-14-18(20(23)24)21-19(22)17-12-8-7-11-16(17)15-9-5-4-6-10-15/h4-12,18H,2-3,13-14H2,1H3,(H,21,22)(H,23,24)/t18-/m0/s1. The minimum Gasteiger partial charge on any atom is -0.480 e. The molecule has 0 aliphatic heterocycles. The van der Waals surface area contributed by atoms with Crippen molar-refractivity contribution in [1.29, 1.82) is 0 Å². The number of hydrogen-bond acceptors (Lipinski definition) is 3. The van der Waals surface area contributed by atoms with Crippen LogP contribution in [0.4, 0.5) is 0 Å². The lowest BCUT2D eigenvalue weighted by molar-refractivity contribution is -0.138. The molecule has 5 heteroatoms. The van der Waals surface area contributed by atoms with Crippen LogP contribution in [-0.4, -0.2) is 34.5 Å². The Kier molecular flexibility index (Phi) is 7.54. The van der Waals surface area contributed by atoms with Crippen molar-refractivity contribution in [3.63, 3.8) is 0 Å². The number of rotatable bonds is 9. The van der Waals surface area contributed by atoms with Gasteiger partial charge in [0.15, 0.2) is 0 Å². The maximum Gasteiger partial charge on any atom is 0.327 e. The summed E-state index contributed by atoms with van der Waals surface area (Å²) in [6.07, 6.45) is 2.11. The number of unbranched alkanes of at least 4 members (excludes halogenated alkanes) is 1. The third-order valence-electron chi connectivity index (χ3n) is 3.79. The summed E-state index contributed by atoms with van der Waals surface area (Å²) in [5.74, 6) is -0.0943. The summed E-state index contributed by atoms with van der Waals surface area (Å²) in [7, 11) is 0. The van der Waals surface area contributed by atoms with E-state index >= 15 is 0 Å². The zero-order valence-corrected chi connectivity index (χ0v) is 15.1. The third-order valence-corrected chi connectivity index (χ3v) is 4.93. The second-order valence-electron chi connectivity index (χ2n) is 5.70. The number of carbonyl (C=O) groups is 2. The Balaban J connectivity index is 2.13. The Morgan fingerprint density at radius 3 is 2.44 bits per heavy atom. The summed E-state index contributed by atoms with van der Waals surface area (Å²) >= 11 is 1.56. The number of thioether (sulfide) groups is 1.